The van der Waals surface area contributed by atoms with Crippen LogP contribution in [0, 0.1) is 11.6 Å². The Balaban J connectivity index is 2.07. The van der Waals surface area contributed by atoms with E-state index in [2.05, 4.69) is 17.2 Å². The molecule has 1 N–H and O–H groups in total. The fraction of sp³-hybridized carbons (Fsp3) is 0.364. The van der Waals surface area contributed by atoms with Gasteiger partial charge in [-0.3, -0.25) is 4.99 Å². The molecule has 2 rings (SSSR count). The Bertz CT molecular complexity index is 420. The molecule has 1 atom stereocenters. The van der Waals surface area contributed by atoms with Crippen molar-refractivity contribution >= 4 is 22.6 Å². The van der Waals surface area contributed by atoms with Gasteiger partial charge in [0.25, 0.3) is 0 Å². The molecule has 1 aliphatic heterocycles. The molecule has 0 bridgehead atoms. The number of rotatable bonds is 2. The van der Waals surface area contributed by atoms with Gasteiger partial charge in [-0.25, -0.2) is 8.78 Å². The molecule has 0 fully saturated rings. The molecule has 0 aliphatic carbocycles. The van der Waals surface area contributed by atoms with E-state index in [9.17, 15) is 8.78 Å². The molecule has 1 aromatic carbocycles. The van der Waals surface area contributed by atoms with Gasteiger partial charge in [0.1, 0.15) is 11.6 Å². The Morgan fingerprint density at radius 1 is 1.50 bits per heavy atom. The summed E-state index contributed by atoms with van der Waals surface area (Å²) >= 11 is 1.57. The molecule has 1 unspecified atom stereocenters. The fourth-order valence-corrected chi connectivity index (χ4v) is 2.36. The first-order chi connectivity index (χ1) is 7.69. The summed E-state index contributed by atoms with van der Waals surface area (Å²) in [5, 5.41) is 3.92. The largest absolute Gasteiger partial charge is 0.332 e. The van der Waals surface area contributed by atoms with Gasteiger partial charge in [-0.1, -0.05) is 18.7 Å². The molecule has 1 aromatic rings. The fourth-order valence-electron chi connectivity index (χ4n) is 1.41. The molecular formula is C11H12F2N2S. The summed E-state index contributed by atoms with van der Waals surface area (Å²) in [6.07, 6.45) is 1.02. The predicted molar refractivity (Wildman–Crippen MR) is 64.0 cm³/mol. The van der Waals surface area contributed by atoms with E-state index in [1.54, 1.807) is 11.8 Å². The van der Waals surface area contributed by atoms with Gasteiger partial charge in [0, 0.05) is 11.3 Å². The topological polar surface area (TPSA) is 24.4 Å². The summed E-state index contributed by atoms with van der Waals surface area (Å²) in [6.45, 7) is 2.82. The maximum Gasteiger partial charge on any atom is 0.161 e. The molecule has 0 spiro atoms. The van der Waals surface area contributed by atoms with E-state index in [-0.39, 0.29) is 5.69 Å². The third kappa shape index (κ3) is 2.52. The van der Waals surface area contributed by atoms with E-state index < -0.39 is 11.6 Å². The molecule has 0 amide bonds. The second-order valence-electron chi connectivity index (χ2n) is 3.54. The van der Waals surface area contributed by atoms with Crippen LogP contribution in [0.15, 0.2) is 23.2 Å². The van der Waals surface area contributed by atoms with Crippen molar-refractivity contribution in [3.05, 3.63) is 29.8 Å². The number of nitrogens with zero attached hydrogens (tertiary/aromatic N) is 1. The summed E-state index contributed by atoms with van der Waals surface area (Å²) in [7, 11) is 0. The van der Waals surface area contributed by atoms with Gasteiger partial charge in [0.2, 0.25) is 0 Å². The van der Waals surface area contributed by atoms with Crippen LogP contribution < -0.4 is 5.32 Å². The third-order valence-corrected chi connectivity index (χ3v) is 3.61. The van der Waals surface area contributed by atoms with E-state index in [1.807, 2.05) is 0 Å². The van der Waals surface area contributed by atoms with Crippen molar-refractivity contribution in [3.8, 4) is 0 Å². The molecule has 16 heavy (non-hydrogen) atoms. The number of nitrogens with one attached hydrogen (secondary N) is 1. The number of anilines is 1. The summed E-state index contributed by atoms with van der Waals surface area (Å²) in [5.41, 5.74) is 0.142. The Labute approximate surface area is 97.1 Å². The first-order valence-corrected chi connectivity index (χ1v) is 6.00. The van der Waals surface area contributed by atoms with Crippen LogP contribution in [0.4, 0.5) is 14.5 Å². The lowest BCUT2D eigenvalue weighted by atomic mass is 10.3. The van der Waals surface area contributed by atoms with E-state index >= 15 is 0 Å². The summed E-state index contributed by atoms with van der Waals surface area (Å²) < 4.78 is 26.2. The van der Waals surface area contributed by atoms with Crippen LogP contribution >= 0.6 is 11.8 Å². The van der Waals surface area contributed by atoms with E-state index in [0.29, 0.717) is 10.4 Å². The maximum atomic E-state index is 13.3. The standard InChI is InChI=1S/C11H12F2N2S/c1-2-8-6-14-11(16-8)15-10-5-7(12)3-4-9(10)13/h3-5,8H,2,6H2,1H3,(H,14,15). The molecule has 2 nitrogen and oxygen atoms in total. The maximum absolute atomic E-state index is 13.3. The van der Waals surface area contributed by atoms with Crippen molar-refractivity contribution in [1.82, 2.24) is 0 Å². The number of halogens is 2. The second kappa shape index (κ2) is 4.82. The Morgan fingerprint density at radius 3 is 3.00 bits per heavy atom. The number of hydrogen-bond acceptors (Lipinski definition) is 3. The average molecular weight is 242 g/mol. The van der Waals surface area contributed by atoms with Gasteiger partial charge >= 0.3 is 0 Å². The van der Waals surface area contributed by atoms with E-state index in [0.717, 1.165) is 31.2 Å². The summed E-state index contributed by atoms with van der Waals surface area (Å²) in [5.74, 6) is -0.927. The molecule has 1 aliphatic rings. The normalized spacial score (nSPS) is 19.7. The molecule has 5 heteroatoms. The van der Waals surface area contributed by atoms with Gasteiger partial charge in [0.15, 0.2) is 5.17 Å². The first-order valence-electron chi connectivity index (χ1n) is 5.12. The van der Waals surface area contributed by atoms with Crippen LogP contribution in [-0.4, -0.2) is 17.0 Å². The molecule has 0 saturated carbocycles. The Hall–Kier alpha value is -1.10. The monoisotopic (exact) mass is 242 g/mol. The van der Waals surface area contributed by atoms with Crippen molar-refractivity contribution in [2.45, 2.75) is 18.6 Å². The lowest BCUT2D eigenvalue weighted by Gasteiger charge is -2.07. The van der Waals surface area contributed by atoms with Gasteiger partial charge in [0.05, 0.1) is 12.2 Å². The first kappa shape index (κ1) is 11.4. The van der Waals surface area contributed by atoms with Crippen LogP contribution in [0.2, 0.25) is 0 Å². The molecule has 0 radical (unpaired) electrons. The minimum Gasteiger partial charge on any atom is -0.332 e. The number of aliphatic imine (C=N–C) groups is 1. The third-order valence-electron chi connectivity index (χ3n) is 2.34. The van der Waals surface area contributed by atoms with Gasteiger partial charge < -0.3 is 5.32 Å². The van der Waals surface area contributed by atoms with Crippen molar-refractivity contribution in [2.75, 3.05) is 11.9 Å². The highest BCUT2D eigenvalue weighted by Gasteiger charge is 2.18. The molecule has 1 heterocycles. The van der Waals surface area contributed by atoms with Gasteiger partial charge in [-0.05, 0) is 18.6 Å². The highest BCUT2D eigenvalue weighted by molar-refractivity contribution is 8.15. The van der Waals surface area contributed by atoms with Crippen molar-refractivity contribution in [1.29, 1.82) is 0 Å². The minimum atomic E-state index is -0.468. The van der Waals surface area contributed by atoms with Crippen molar-refractivity contribution < 1.29 is 8.78 Å². The van der Waals surface area contributed by atoms with Crippen LogP contribution in [0.25, 0.3) is 0 Å². The van der Waals surface area contributed by atoms with Gasteiger partial charge in [-0.2, -0.15) is 0 Å². The van der Waals surface area contributed by atoms with Crippen LogP contribution in [0.3, 0.4) is 0 Å². The quantitative estimate of drug-likeness (QED) is 0.860. The van der Waals surface area contributed by atoms with Crippen LogP contribution in [0.5, 0.6) is 0 Å². The highest BCUT2D eigenvalue weighted by atomic mass is 32.2. The molecular weight excluding hydrogens is 230 g/mol. The summed E-state index contributed by atoms with van der Waals surface area (Å²) in [6, 6.07) is 3.34. The average Bonchev–Trinajstić information content (AvgIpc) is 2.71. The second-order valence-corrected chi connectivity index (χ2v) is 4.83. The molecule has 0 aromatic heterocycles. The molecule has 86 valence electrons. The zero-order valence-electron chi connectivity index (χ0n) is 8.84. The zero-order chi connectivity index (χ0) is 11.5. The van der Waals surface area contributed by atoms with Crippen LogP contribution in [-0.2, 0) is 0 Å². The van der Waals surface area contributed by atoms with E-state index in [4.69, 9.17) is 0 Å². The number of benzene rings is 1. The predicted octanol–water partition coefficient (Wildman–Crippen LogP) is 3.26. The van der Waals surface area contributed by atoms with E-state index in [1.165, 1.54) is 0 Å². The minimum absolute atomic E-state index is 0.142. The van der Waals surface area contributed by atoms with Crippen LogP contribution in [0.1, 0.15) is 13.3 Å². The molecule has 0 saturated heterocycles. The lowest BCUT2D eigenvalue weighted by Crippen LogP contribution is -2.08. The lowest BCUT2D eigenvalue weighted by molar-refractivity contribution is 0.604. The smallest absolute Gasteiger partial charge is 0.161 e. The number of amidine groups is 1. The Morgan fingerprint density at radius 2 is 2.31 bits per heavy atom. The van der Waals surface area contributed by atoms with Gasteiger partial charge in [-0.15, -0.1) is 0 Å². The van der Waals surface area contributed by atoms with Crippen molar-refractivity contribution in [3.63, 3.8) is 0 Å². The number of thioether (sulfide) groups is 1. The SMILES string of the molecule is CCC1CN=C(Nc2cc(F)ccc2F)S1. The highest BCUT2D eigenvalue weighted by Crippen LogP contribution is 2.25. The number of hydrogen-bond donors (Lipinski definition) is 1. The van der Waals surface area contributed by atoms with Crippen molar-refractivity contribution in [2.24, 2.45) is 4.99 Å². The summed E-state index contributed by atoms with van der Waals surface area (Å²) in [4.78, 5) is 4.23. The Kier molecular flexibility index (Phi) is 3.43. The zero-order valence-corrected chi connectivity index (χ0v) is 9.65.